The zero-order valence-corrected chi connectivity index (χ0v) is 13.0. The normalized spacial score (nSPS) is 26.9. The minimum Gasteiger partial charge on any atom is -0.339 e. The molecule has 0 N–H and O–H groups in total. The van der Waals surface area contributed by atoms with Gasteiger partial charge in [0.05, 0.1) is 6.07 Å². The number of carbonyl (C=O) groups excluding carboxylic acids is 1. The lowest BCUT2D eigenvalue weighted by Crippen LogP contribution is -2.53. The molecule has 3 rings (SSSR count). The van der Waals surface area contributed by atoms with Crippen LogP contribution in [0.15, 0.2) is 0 Å². The number of nitriles is 1. The largest absolute Gasteiger partial charge is 0.339 e. The third-order valence-electron chi connectivity index (χ3n) is 5.45. The van der Waals surface area contributed by atoms with Gasteiger partial charge in [0.25, 0.3) is 0 Å². The van der Waals surface area contributed by atoms with E-state index in [9.17, 15) is 10.1 Å². The Morgan fingerprint density at radius 3 is 2.19 bits per heavy atom. The van der Waals surface area contributed by atoms with E-state index >= 15 is 0 Å². The van der Waals surface area contributed by atoms with Gasteiger partial charge in [-0.1, -0.05) is 25.7 Å². The first kappa shape index (κ1) is 14.8. The van der Waals surface area contributed by atoms with Crippen molar-refractivity contribution >= 4 is 5.91 Å². The monoisotopic (exact) mass is 289 g/mol. The van der Waals surface area contributed by atoms with Crippen molar-refractivity contribution in [1.29, 1.82) is 5.26 Å². The van der Waals surface area contributed by atoms with Gasteiger partial charge in [-0.25, -0.2) is 0 Å². The molecule has 0 aromatic carbocycles. The van der Waals surface area contributed by atoms with E-state index in [1.165, 1.54) is 32.2 Å². The maximum atomic E-state index is 12.9. The highest BCUT2D eigenvalue weighted by Crippen LogP contribution is 2.36. The minimum absolute atomic E-state index is 0.123. The molecule has 3 fully saturated rings. The summed E-state index contributed by atoms with van der Waals surface area (Å²) in [7, 11) is 0. The Balaban J connectivity index is 1.57. The van der Waals surface area contributed by atoms with Gasteiger partial charge >= 0.3 is 0 Å². The van der Waals surface area contributed by atoms with Gasteiger partial charge in [-0.2, -0.15) is 5.26 Å². The summed E-state index contributed by atoms with van der Waals surface area (Å²) in [5.41, 5.74) is -0.713. The zero-order chi connectivity index (χ0) is 14.7. The summed E-state index contributed by atoms with van der Waals surface area (Å²) in [5, 5.41) is 9.64. The SMILES string of the molecule is N#CC1(C(=O)N2CCN(CC3CC3)CC2)CCCCCC1. The molecule has 3 aliphatic rings. The first-order valence-electron chi connectivity index (χ1n) is 8.66. The number of carbonyl (C=O) groups is 1. The Bertz CT molecular complexity index is 408. The van der Waals surface area contributed by atoms with Gasteiger partial charge in [0.1, 0.15) is 5.41 Å². The molecule has 0 spiro atoms. The zero-order valence-electron chi connectivity index (χ0n) is 13.0. The van der Waals surface area contributed by atoms with Gasteiger partial charge in [-0.15, -0.1) is 0 Å². The molecule has 2 saturated carbocycles. The smallest absolute Gasteiger partial charge is 0.243 e. The molecule has 0 radical (unpaired) electrons. The molecule has 0 unspecified atom stereocenters. The van der Waals surface area contributed by atoms with Crippen molar-refractivity contribution in [2.45, 2.75) is 51.4 Å². The highest BCUT2D eigenvalue weighted by Gasteiger charge is 2.42. The van der Waals surface area contributed by atoms with Crippen LogP contribution in [0, 0.1) is 22.7 Å². The van der Waals surface area contributed by atoms with E-state index in [4.69, 9.17) is 0 Å². The molecule has 0 aromatic heterocycles. The Labute approximate surface area is 128 Å². The molecule has 116 valence electrons. The van der Waals surface area contributed by atoms with Crippen LogP contribution in [0.25, 0.3) is 0 Å². The van der Waals surface area contributed by atoms with Gasteiger partial charge in [0.15, 0.2) is 0 Å². The first-order valence-corrected chi connectivity index (χ1v) is 8.66. The van der Waals surface area contributed by atoms with Gasteiger partial charge in [0, 0.05) is 32.7 Å². The summed E-state index contributed by atoms with van der Waals surface area (Å²) in [6, 6.07) is 2.40. The van der Waals surface area contributed by atoms with Crippen molar-refractivity contribution in [2.24, 2.45) is 11.3 Å². The van der Waals surface area contributed by atoms with E-state index in [0.717, 1.165) is 57.8 Å². The number of piperazine rings is 1. The lowest BCUT2D eigenvalue weighted by molar-refractivity contribution is -0.141. The molecule has 1 amide bonds. The van der Waals surface area contributed by atoms with Crippen LogP contribution < -0.4 is 0 Å². The van der Waals surface area contributed by atoms with Crippen LogP contribution in [0.5, 0.6) is 0 Å². The molecule has 0 atom stereocenters. The number of hydrogen-bond acceptors (Lipinski definition) is 3. The molecule has 21 heavy (non-hydrogen) atoms. The average Bonchev–Trinajstić information content (AvgIpc) is 3.34. The van der Waals surface area contributed by atoms with Gasteiger partial charge in [-0.3, -0.25) is 9.69 Å². The summed E-state index contributed by atoms with van der Waals surface area (Å²) in [6.07, 6.45) is 8.71. The molecular weight excluding hydrogens is 262 g/mol. The predicted molar refractivity (Wildman–Crippen MR) is 81.5 cm³/mol. The van der Waals surface area contributed by atoms with Gasteiger partial charge < -0.3 is 4.90 Å². The van der Waals surface area contributed by atoms with E-state index < -0.39 is 5.41 Å². The van der Waals surface area contributed by atoms with Crippen LogP contribution in [0.4, 0.5) is 0 Å². The Hall–Kier alpha value is -1.08. The number of amides is 1. The van der Waals surface area contributed by atoms with Crippen LogP contribution in [0.3, 0.4) is 0 Å². The fourth-order valence-corrected chi connectivity index (χ4v) is 3.81. The van der Waals surface area contributed by atoms with Crippen LogP contribution >= 0.6 is 0 Å². The van der Waals surface area contributed by atoms with E-state index in [0.29, 0.717) is 0 Å². The second-order valence-electron chi connectivity index (χ2n) is 7.14. The summed E-state index contributed by atoms with van der Waals surface area (Å²) in [4.78, 5) is 17.3. The number of nitrogens with zero attached hydrogens (tertiary/aromatic N) is 3. The van der Waals surface area contributed by atoms with E-state index in [-0.39, 0.29) is 5.91 Å². The maximum Gasteiger partial charge on any atom is 0.243 e. The van der Waals surface area contributed by atoms with Gasteiger partial charge in [0.2, 0.25) is 5.91 Å². The second-order valence-corrected chi connectivity index (χ2v) is 7.14. The molecular formula is C17H27N3O. The topological polar surface area (TPSA) is 47.3 Å². The van der Waals surface area contributed by atoms with Crippen LogP contribution in [-0.4, -0.2) is 48.4 Å². The first-order chi connectivity index (χ1) is 10.2. The summed E-state index contributed by atoms with van der Waals surface area (Å²) >= 11 is 0. The molecule has 4 nitrogen and oxygen atoms in total. The summed E-state index contributed by atoms with van der Waals surface area (Å²) < 4.78 is 0. The van der Waals surface area contributed by atoms with Crippen molar-refractivity contribution in [3.63, 3.8) is 0 Å². The van der Waals surface area contributed by atoms with Crippen LogP contribution in [-0.2, 0) is 4.79 Å². The van der Waals surface area contributed by atoms with E-state index in [2.05, 4.69) is 11.0 Å². The molecule has 4 heteroatoms. The Morgan fingerprint density at radius 1 is 1.05 bits per heavy atom. The molecule has 1 aliphatic heterocycles. The van der Waals surface area contributed by atoms with Crippen molar-refractivity contribution < 1.29 is 4.79 Å². The Kier molecular flexibility index (Phi) is 4.49. The average molecular weight is 289 g/mol. The van der Waals surface area contributed by atoms with Gasteiger partial charge in [-0.05, 0) is 31.6 Å². The number of rotatable bonds is 3. The molecule has 1 heterocycles. The highest BCUT2D eigenvalue weighted by atomic mass is 16.2. The molecule has 0 bridgehead atoms. The predicted octanol–water partition coefficient (Wildman–Crippen LogP) is 2.40. The Morgan fingerprint density at radius 2 is 1.67 bits per heavy atom. The standard InChI is InChI=1S/C17H27N3O/c18-14-17(7-3-1-2-4-8-17)16(21)20-11-9-19(10-12-20)13-15-5-6-15/h15H,1-13H2. The molecule has 0 aromatic rings. The molecule has 2 aliphatic carbocycles. The third-order valence-corrected chi connectivity index (χ3v) is 5.45. The lowest BCUT2D eigenvalue weighted by Gasteiger charge is -2.38. The van der Waals surface area contributed by atoms with E-state index in [1.54, 1.807) is 0 Å². The van der Waals surface area contributed by atoms with Crippen molar-refractivity contribution in [1.82, 2.24) is 9.80 Å². The highest BCUT2D eigenvalue weighted by molar-refractivity contribution is 5.85. The summed E-state index contributed by atoms with van der Waals surface area (Å²) in [5.74, 6) is 1.04. The quantitative estimate of drug-likeness (QED) is 0.750. The minimum atomic E-state index is -0.713. The van der Waals surface area contributed by atoms with Crippen LogP contribution in [0.2, 0.25) is 0 Å². The second kappa shape index (κ2) is 6.36. The lowest BCUT2D eigenvalue weighted by atomic mass is 9.80. The van der Waals surface area contributed by atoms with Crippen molar-refractivity contribution in [3.8, 4) is 6.07 Å². The molecule has 1 saturated heterocycles. The maximum absolute atomic E-state index is 12.9. The fraction of sp³-hybridized carbons (Fsp3) is 0.882. The van der Waals surface area contributed by atoms with Crippen molar-refractivity contribution in [3.05, 3.63) is 0 Å². The van der Waals surface area contributed by atoms with Crippen molar-refractivity contribution in [2.75, 3.05) is 32.7 Å². The summed E-state index contributed by atoms with van der Waals surface area (Å²) in [6.45, 7) is 4.82. The van der Waals surface area contributed by atoms with E-state index in [1.807, 2.05) is 4.90 Å². The third kappa shape index (κ3) is 3.40. The fourth-order valence-electron chi connectivity index (χ4n) is 3.81. The van der Waals surface area contributed by atoms with Crippen LogP contribution in [0.1, 0.15) is 51.4 Å². The number of hydrogen-bond donors (Lipinski definition) is 0.